The van der Waals surface area contributed by atoms with E-state index in [1.807, 2.05) is 37.3 Å². The summed E-state index contributed by atoms with van der Waals surface area (Å²) < 4.78 is 29.1. The standard InChI is InChI=1S/C21H25F2N3O3/c1-2-3-13-24-21(28)26-18(27)14-25-19(15-7-5-4-6-8-15)16-9-11-17(12-10-16)29-20(22)23/h4-12,19-20,25H,2-3,13-14H2,1H3,(H2,24,26,27,28)/p+1/t19-/m1/s1. The van der Waals surface area contributed by atoms with Crippen LogP contribution < -0.4 is 20.7 Å². The van der Waals surface area contributed by atoms with Gasteiger partial charge in [-0.1, -0.05) is 43.7 Å². The van der Waals surface area contributed by atoms with Crippen molar-refractivity contribution in [2.24, 2.45) is 0 Å². The van der Waals surface area contributed by atoms with Crippen LogP contribution in [0.15, 0.2) is 54.6 Å². The Bertz CT molecular complexity index is 771. The predicted molar refractivity (Wildman–Crippen MR) is 105 cm³/mol. The molecule has 8 heteroatoms. The van der Waals surface area contributed by atoms with Gasteiger partial charge in [-0.2, -0.15) is 8.78 Å². The molecule has 2 aromatic rings. The zero-order valence-electron chi connectivity index (χ0n) is 16.2. The lowest BCUT2D eigenvalue weighted by atomic mass is 9.98. The van der Waals surface area contributed by atoms with Gasteiger partial charge in [0.15, 0.2) is 6.54 Å². The second-order valence-electron chi connectivity index (χ2n) is 6.43. The number of alkyl halides is 2. The van der Waals surface area contributed by atoms with Crippen LogP contribution in [-0.2, 0) is 4.79 Å². The summed E-state index contributed by atoms with van der Waals surface area (Å²) in [4.78, 5) is 23.8. The minimum Gasteiger partial charge on any atom is -0.435 e. The number of amides is 3. The van der Waals surface area contributed by atoms with Crippen LogP contribution in [0, 0.1) is 0 Å². The van der Waals surface area contributed by atoms with Crippen molar-refractivity contribution in [2.45, 2.75) is 32.4 Å². The van der Waals surface area contributed by atoms with E-state index in [9.17, 15) is 18.4 Å². The molecule has 0 heterocycles. The smallest absolute Gasteiger partial charge is 0.387 e. The number of rotatable bonds is 10. The minimum atomic E-state index is -2.88. The van der Waals surface area contributed by atoms with Gasteiger partial charge in [0.1, 0.15) is 11.8 Å². The second kappa shape index (κ2) is 11.8. The fourth-order valence-corrected chi connectivity index (χ4v) is 2.81. The van der Waals surface area contributed by atoms with Crippen molar-refractivity contribution < 1.29 is 28.4 Å². The number of unbranched alkanes of at least 4 members (excludes halogenated alkanes) is 1. The summed E-state index contributed by atoms with van der Waals surface area (Å²) in [5.74, 6) is -0.352. The molecular formula is C21H26F2N3O3+. The van der Waals surface area contributed by atoms with Crippen LogP contribution in [0.4, 0.5) is 13.6 Å². The van der Waals surface area contributed by atoms with E-state index in [1.165, 1.54) is 12.1 Å². The number of hydrogen-bond donors (Lipinski definition) is 3. The van der Waals surface area contributed by atoms with E-state index in [4.69, 9.17) is 0 Å². The first-order valence-electron chi connectivity index (χ1n) is 9.50. The van der Waals surface area contributed by atoms with Crippen LogP contribution in [0.25, 0.3) is 0 Å². The van der Waals surface area contributed by atoms with Crippen LogP contribution >= 0.6 is 0 Å². The van der Waals surface area contributed by atoms with Crippen molar-refractivity contribution in [1.82, 2.24) is 10.6 Å². The van der Waals surface area contributed by atoms with Gasteiger partial charge in [-0.05, 0) is 30.7 Å². The first-order chi connectivity index (χ1) is 14.0. The van der Waals surface area contributed by atoms with Crippen LogP contribution in [0.1, 0.15) is 36.9 Å². The third-order valence-corrected chi connectivity index (χ3v) is 4.23. The number of nitrogens with two attached hydrogens (primary N) is 1. The van der Waals surface area contributed by atoms with Crippen LogP contribution in [-0.4, -0.2) is 31.6 Å². The molecule has 0 aromatic heterocycles. The molecule has 156 valence electrons. The molecule has 6 nitrogen and oxygen atoms in total. The molecule has 4 N–H and O–H groups in total. The Hall–Kier alpha value is -3.00. The molecule has 0 saturated carbocycles. The highest BCUT2D eigenvalue weighted by molar-refractivity contribution is 5.94. The van der Waals surface area contributed by atoms with E-state index in [2.05, 4.69) is 15.4 Å². The molecular weight excluding hydrogens is 380 g/mol. The summed E-state index contributed by atoms with van der Waals surface area (Å²) in [5.41, 5.74) is 1.76. The molecule has 29 heavy (non-hydrogen) atoms. The summed E-state index contributed by atoms with van der Waals surface area (Å²) in [6.07, 6.45) is 1.79. The molecule has 0 aliphatic rings. The number of urea groups is 1. The fraction of sp³-hybridized carbons (Fsp3) is 0.333. The zero-order valence-corrected chi connectivity index (χ0v) is 16.2. The lowest BCUT2D eigenvalue weighted by Gasteiger charge is -2.17. The summed E-state index contributed by atoms with van der Waals surface area (Å²) >= 11 is 0. The minimum absolute atomic E-state index is 0.0239. The largest absolute Gasteiger partial charge is 0.435 e. The number of imide groups is 1. The Balaban J connectivity index is 2.02. The number of benzene rings is 2. The molecule has 1 atom stereocenters. The topological polar surface area (TPSA) is 84.0 Å². The SMILES string of the molecule is CCCCNC(=O)NC(=O)C[NH2+][C@H](c1ccccc1)c1ccc(OC(F)F)cc1. The first kappa shape index (κ1) is 22.3. The highest BCUT2D eigenvalue weighted by atomic mass is 19.3. The Labute approximate surface area is 168 Å². The molecule has 0 radical (unpaired) electrons. The summed E-state index contributed by atoms with van der Waals surface area (Å²) in [6.45, 7) is -0.338. The van der Waals surface area contributed by atoms with E-state index in [0.29, 0.717) is 6.54 Å². The number of hydrogen-bond acceptors (Lipinski definition) is 3. The Kier molecular flexibility index (Phi) is 9.04. The summed E-state index contributed by atoms with van der Waals surface area (Å²) in [5, 5.41) is 6.72. The van der Waals surface area contributed by atoms with Crippen molar-refractivity contribution in [2.75, 3.05) is 13.1 Å². The van der Waals surface area contributed by atoms with Crippen molar-refractivity contribution in [3.63, 3.8) is 0 Å². The van der Waals surface area contributed by atoms with Gasteiger partial charge in [0.2, 0.25) is 0 Å². The van der Waals surface area contributed by atoms with Crippen LogP contribution in [0.2, 0.25) is 0 Å². The van der Waals surface area contributed by atoms with Gasteiger partial charge in [-0.25, -0.2) is 4.79 Å². The Morgan fingerprint density at radius 1 is 1.03 bits per heavy atom. The lowest BCUT2D eigenvalue weighted by molar-refractivity contribution is -0.676. The van der Waals surface area contributed by atoms with E-state index in [1.54, 1.807) is 17.4 Å². The monoisotopic (exact) mass is 406 g/mol. The maximum atomic E-state index is 12.4. The molecule has 0 aliphatic carbocycles. The fourth-order valence-electron chi connectivity index (χ4n) is 2.81. The van der Waals surface area contributed by atoms with Gasteiger partial charge in [-0.15, -0.1) is 0 Å². The van der Waals surface area contributed by atoms with Crippen molar-refractivity contribution in [3.8, 4) is 5.75 Å². The molecule has 0 fully saturated rings. The molecule has 2 rings (SSSR count). The average molecular weight is 406 g/mol. The second-order valence-corrected chi connectivity index (χ2v) is 6.43. The molecule has 3 amide bonds. The van der Waals surface area contributed by atoms with Crippen LogP contribution in [0.5, 0.6) is 5.75 Å². The normalized spacial score (nSPS) is 11.7. The molecule has 0 bridgehead atoms. The molecule has 2 aromatic carbocycles. The number of quaternary nitrogens is 1. The van der Waals surface area contributed by atoms with Crippen LogP contribution in [0.3, 0.4) is 0 Å². The zero-order chi connectivity index (χ0) is 21.1. The first-order valence-corrected chi connectivity index (χ1v) is 9.50. The van der Waals surface area contributed by atoms with Crippen molar-refractivity contribution in [3.05, 3.63) is 65.7 Å². The van der Waals surface area contributed by atoms with Crippen molar-refractivity contribution >= 4 is 11.9 Å². The number of nitrogens with one attached hydrogen (secondary N) is 2. The summed E-state index contributed by atoms with van der Waals surface area (Å²) in [7, 11) is 0. The third kappa shape index (κ3) is 7.87. The van der Waals surface area contributed by atoms with E-state index >= 15 is 0 Å². The predicted octanol–water partition coefficient (Wildman–Crippen LogP) is 2.57. The number of halogens is 2. The van der Waals surface area contributed by atoms with Gasteiger partial charge in [0.25, 0.3) is 5.91 Å². The molecule has 0 saturated heterocycles. The number of ether oxygens (including phenoxy) is 1. The van der Waals surface area contributed by atoms with Gasteiger partial charge in [0.05, 0.1) is 0 Å². The Morgan fingerprint density at radius 2 is 1.69 bits per heavy atom. The van der Waals surface area contributed by atoms with Crippen molar-refractivity contribution in [1.29, 1.82) is 0 Å². The third-order valence-electron chi connectivity index (χ3n) is 4.23. The highest BCUT2D eigenvalue weighted by Crippen LogP contribution is 2.22. The van der Waals surface area contributed by atoms with E-state index in [-0.39, 0.29) is 18.3 Å². The molecule has 0 aliphatic heterocycles. The summed E-state index contributed by atoms with van der Waals surface area (Å²) in [6, 6.07) is 15.0. The molecule has 0 unspecified atom stereocenters. The number of carbonyl (C=O) groups is 2. The quantitative estimate of drug-likeness (QED) is 0.530. The van der Waals surface area contributed by atoms with Gasteiger partial charge >= 0.3 is 12.6 Å². The maximum absolute atomic E-state index is 12.4. The van der Waals surface area contributed by atoms with E-state index < -0.39 is 18.5 Å². The highest BCUT2D eigenvalue weighted by Gasteiger charge is 2.20. The van der Waals surface area contributed by atoms with Gasteiger partial charge < -0.3 is 15.4 Å². The average Bonchev–Trinajstić information content (AvgIpc) is 2.70. The molecule has 0 spiro atoms. The van der Waals surface area contributed by atoms with E-state index in [0.717, 1.165) is 24.0 Å². The van der Waals surface area contributed by atoms with Gasteiger partial charge in [-0.3, -0.25) is 10.1 Å². The number of carbonyl (C=O) groups excluding carboxylic acids is 2. The van der Waals surface area contributed by atoms with Gasteiger partial charge in [0, 0.05) is 17.7 Å². The lowest BCUT2D eigenvalue weighted by Crippen LogP contribution is -2.88. The maximum Gasteiger partial charge on any atom is 0.387 e. The Morgan fingerprint density at radius 3 is 2.31 bits per heavy atom.